The van der Waals surface area contributed by atoms with Gasteiger partial charge in [-0.25, -0.2) is 12.8 Å². The molecule has 1 saturated heterocycles. The average Bonchev–Trinajstić information content (AvgIpc) is 3.46. The van der Waals surface area contributed by atoms with Gasteiger partial charge < -0.3 is 9.84 Å². The van der Waals surface area contributed by atoms with E-state index >= 15 is 0 Å². The van der Waals surface area contributed by atoms with Crippen LogP contribution in [0.1, 0.15) is 42.7 Å². The molecule has 7 nitrogen and oxygen atoms in total. The molecule has 1 N–H and O–H groups in total. The number of carbonyl (C=O) groups is 1. The third-order valence-electron chi connectivity index (χ3n) is 5.43. The smallest absolute Gasteiger partial charge is 0.248 e. The number of carbonyl (C=O) groups excluding carboxylic acids is 1. The van der Waals surface area contributed by atoms with Gasteiger partial charge in [0.1, 0.15) is 11.5 Å². The van der Waals surface area contributed by atoms with E-state index < -0.39 is 15.8 Å². The van der Waals surface area contributed by atoms with Gasteiger partial charge in [-0.3, -0.25) is 4.79 Å². The van der Waals surface area contributed by atoms with Crippen LogP contribution in [0.2, 0.25) is 0 Å². The fourth-order valence-corrected chi connectivity index (χ4v) is 5.40. The molecular formula is C21H24FN3O4S. The minimum atomic E-state index is -3.92. The van der Waals surface area contributed by atoms with Crippen LogP contribution in [0, 0.1) is 18.7 Å². The monoisotopic (exact) mass is 433 g/mol. The van der Waals surface area contributed by atoms with E-state index in [9.17, 15) is 17.6 Å². The molecule has 2 fully saturated rings. The Bertz CT molecular complexity index is 1080. The van der Waals surface area contributed by atoms with Crippen molar-refractivity contribution < 1.29 is 22.1 Å². The van der Waals surface area contributed by atoms with Crippen LogP contribution < -0.4 is 5.32 Å². The second kappa shape index (κ2) is 8.31. The zero-order valence-electron chi connectivity index (χ0n) is 16.7. The number of hydrogen-bond donors (Lipinski definition) is 1. The van der Waals surface area contributed by atoms with Gasteiger partial charge in [0.05, 0.1) is 5.92 Å². The first kappa shape index (κ1) is 20.7. The number of nitrogens with zero attached hydrogens (tertiary/aromatic N) is 2. The minimum absolute atomic E-state index is 0.0420. The normalized spacial score (nSPS) is 20.5. The lowest BCUT2D eigenvalue weighted by Crippen LogP contribution is -2.46. The Morgan fingerprint density at radius 3 is 2.77 bits per heavy atom. The molecule has 2 heterocycles. The Balaban J connectivity index is 1.57. The van der Waals surface area contributed by atoms with Crippen LogP contribution in [-0.4, -0.2) is 42.9 Å². The van der Waals surface area contributed by atoms with Crippen LogP contribution in [0.4, 0.5) is 4.39 Å². The quantitative estimate of drug-likeness (QED) is 0.756. The van der Waals surface area contributed by atoms with Crippen LogP contribution in [-0.2, 0) is 14.8 Å². The molecular weight excluding hydrogens is 409 g/mol. The SMILES string of the molecule is Cc1noc(/C=C/c2ccccc2F)c1S(=O)(=O)N1CCCC(C(=O)NC2CC2)C1. The van der Waals surface area contributed by atoms with Crippen molar-refractivity contribution in [3.63, 3.8) is 0 Å². The molecule has 9 heteroatoms. The van der Waals surface area contributed by atoms with Gasteiger partial charge in [-0.15, -0.1) is 0 Å². The molecule has 30 heavy (non-hydrogen) atoms. The summed E-state index contributed by atoms with van der Waals surface area (Å²) < 4.78 is 47.1. The summed E-state index contributed by atoms with van der Waals surface area (Å²) in [7, 11) is -3.92. The van der Waals surface area contributed by atoms with Crippen molar-refractivity contribution >= 4 is 28.1 Å². The standard InChI is InChI=1S/C21H24FN3O4S/c1-14-20(19(29-24-14)11-8-15-5-2-3-7-18(15)22)30(27,28)25-12-4-6-16(13-25)21(26)23-17-9-10-17/h2-3,5,7-8,11,16-17H,4,6,9-10,12-13H2,1H3,(H,23,26)/b11-8+. The van der Waals surface area contributed by atoms with Gasteiger partial charge in [-0.2, -0.15) is 4.31 Å². The first-order valence-corrected chi connectivity index (χ1v) is 11.5. The summed E-state index contributed by atoms with van der Waals surface area (Å²) in [6, 6.07) is 6.40. The molecule has 1 aliphatic heterocycles. The highest BCUT2D eigenvalue weighted by Crippen LogP contribution is 2.30. The van der Waals surface area contributed by atoms with Crippen LogP contribution in [0.15, 0.2) is 33.7 Å². The van der Waals surface area contributed by atoms with Gasteiger partial charge in [0.25, 0.3) is 0 Å². The lowest BCUT2D eigenvalue weighted by molar-refractivity contribution is -0.126. The Kier molecular flexibility index (Phi) is 5.75. The number of aryl methyl sites for hydroxylation is 1. The van der Waals surface area contributed by atoms with Crippen molar-refractivity contribution in [2.24, 2.45) is 5.92 Å². The van der Waals surface area contributed by atoms with Crippen LogP contribution in [0.3, 0.4) is 0 Å². The Labute approximate surface area is 175 Å². The molecule has 1 aromatic heterocycles. The van der Waals surface area contributed by atoms with E-state index in [1.165, 1.54) is 22.5 Å². The summed E-state index contributed by atoms with van der Waals surface area (Å²) in [6.07, 6.45) is 6.10. The number of amides is 1. The van der Waals surface area contributed by atoms with Gasteiger partial charge in [0, 0.05) is 24.7 Å². The highest BCUT2D eigenvalue weighted by Gasteiger charge is 2.37. The summed E-state index contributed by atoms with van der Waals surface area (Å²) in [6.45, 7) is 2.01. The molecule has 0 bridgehead atoms. The fourth-order valence-electron chi connectivity index (χ4n) is 3.63. The predicted octanol–water partition coefficient (Wildman–Crippen LogP) is 2.97. The maximum Gasteiger partial charge on any atom is 0.248 e. The summed E-state index contributed by atoms with van der Waals surface area (Å²) in [4.78, 5) is 12.4. The Morgan fingerprint density at radius 2 is 2.03 bits per heavy atom. The molecule has 1 amide bonds. The van der Waals surface area contributed by atoms with Crippen molar-refractivity contribution in [2.75, 3.05) is 13.1 Å². The maximum absolute atomic E-state index is 13.9. The predicted molar refractivity (Wildman–Crippen MR) is 109 cm³/mol. The number of aromatic nitrogens is 1. The van der Waals surface area contributed by atoms with E-state index in [2.05, 4.69) is 10.5 Å². The first-order valence-electron chi connectivity index (χ1n) is 10.1. The number of hydrogen-bond acceptors (Lipinski definition) is 5. The molecule has 1 atom stereocenters. The van der Waals surface area contributed by atoms with E-state index in [-0.39, 0.29) is 40.8 Å². The summed E-state index contributed by atoms with van der Waals surface area (Å²) in [5, 5.41) is 6.77. The van der Waals surface area contributed by atoms with Gasteiger partial charge in [-0.1, -0.05) is 23.4 Å². The fraction of sp³-hybridized carbons (Fsp3) is 0.429. The summed E-state index contributed by atoms with van der Waals surface area (Å²) >= 11 is 0. The first-order chi connectivity index (χ1) is 14.4. The highest BCUT2D eigenvalue weighted by molar-refractivity contribution is 7.89. The number of halogens is 1. The van der Waals surface area contributed by atoms with Crippen molar-refractivity contribution in [2.45, 2.75) is 43.5 Å². The van der Waals surface area contributed by atoms with E-state index in [0.29, 0.717) is 24.9 Å². The number of benzene rings is 1. The molecule has 1 aromatic carbocycles. The molecule has 1 unspecified atom stereocenters. The van der Waals surface area contributed by atoms with E-state index in [1.54, 1.807) is 25.1 Å². The molecule has 0 radical (unpaired) electrons. The molecule has 1 aliphatic carbocycles. The summed E-state index contributed by atoms with van der Waals surface area (Å²) in [5.41, 5.74) is 0.539. The van der Waals surface area contributed by atoms with Gasteiger partial charge in [0.2, 0.25) is 15.9 Å². The minimum Gasteiger partial charge on any atom is -0.355 e. The van der Waals surface area contributed by atoms with Crippen molar-refractivity contribution in [3.05, 3.63) is 47.1 Å². The summed E-state index contributed by atoms with van der Waals surface area (Å²) in [5.74, 6) is -0.832. The topological polar surface area (TPSA) is 92.5 Å². The molecule has 160 valence electrons. The molecule has 4 rings (SSSR count). The second-order valence-electron chi connectivity index (χ2n) is 7.80. The maximum atomic E-state index is 13.9. The number of sulfonamides is 1. The number of rotatable bonds is 6. The Morgan fingerprint density at radius 1 is 1.27 bits per heavy atom. The zero-order chi connectivity index (χ0) is 21.3. The van der Waals surface area contributed by atoms with Gasteiger partial charge in [0.15, 0.2) is 10.7 Å². The van der Waals surface area contributed by atoms with Crippen molar-refractivity contribution in [3.8, 4) is 0 Å². The lowest BCUT2D eigenvalue weighted by atomic mass is 9.99. The van der Waals surface area contributed by atoms with Crippen LogP contribution in [0.25, 0.3) is 12.2 Å². The average molecular weight is 434 g/mol. The van der Waals surface area contributed by atoms with Crippen LogP contribution >= 0.6 is 0 Å². The van der Waals surface area contributed by atoms with Crippen molar-refractivity contribution in [1.82, 2.24) is 14.8 Å². The second-order valence-corrected chi connectivity index (χ2v) is 9.68. The van der Waals surface area contributed by atoms with E-state index in [0.717, 1.165) is 12.8 Å². The highest BCUT2D eigenvalue weighted by atomic mass is 32.2. The number of nitrogens with one attached hydrogen (secondary N) is 1. The Hall–Kier alpha value is -2.52. The van der Waals surface area contributed by atoms with Gasteiger partial charge in [-0.05, 0) is 50.8 Å². The third kappa shape index (κ3) is 4.32. The van der Waals surface area contributed by atoms with Crippen LogP contribution in [0.5, 0.6) is 0 Å². The third-order valence-corrected chi connectivity index (χ3v) is 7.45. The molecule has 2 aliphatic rings. The molecule has 1 saturated carbocycles. The van der Waals surface area contributed by atoms with E-state index in [4.69, 9.17) is 4.52 Å². The lowest BCUT2D eigenvalue weighted by Gasteiger charge is -2.31. The molecule has 2 aromatic rings. The molecule has 0 spiro atoms. The van der Waals surface area contributed by atoms with Gasteiger partial charge >= 0.3 is 0 Å². The number of piperidine rings is 1. The van der Waals surface area contributed by atoms with E-state index in [1.807, 2.05) is 0 Å². The zero-order valence-corrected chi connectivity index (χ0v) is 17.5. The largest absolute Gasteiger partial charge is 0.355 e. The van der Waals surface area contributed by atoms with Crippen molar-refractivity contribution in [1.29, 1.82) is 0 Å².